The van der Waals surface area contributed by atoms with Crippen LogP contribution >= 0.6 is 0 Å². The average molecular weight is 383 g/mol. The second kappa shape index (κ2) is 12.4. The van der Waals surface area contributed by atoms with Gasteiger partial charge in [0.2, 0.25) is 5.91 Å². The molecule has 1 aromatic carbocycles. The molecule has 0 N–H and O–H groups in total. The number of piperidine rings is 1. The number of nitrogens with zero attached hydrogens (tertiary/aromatic N) is 1. The summed E-state index contributed by atoms with van der Waals surface area (Å²) in [5.74, 6) is 0.491. The molecule has 0 bridgehead atoms. The average Bonchev–Trinajstić information content (AvgIpc) is 2.73. The normalized spacial score (nSPS) is 16.8. The van der Waals surface area contributed by atoms with Crippen molar-refractivity contribution in [3.05, 3.63) is 59.4 Å². The van der Waals surface area contributed by atoms with Crippen LogP contribution in [0.4, 0.5) is 0 Å². The van der Waals surface area contributed by atoms with E-state index in [9.17, 15) is 9.59 Å². The fourth-order valence-electron chi connectivity index (χ4n) is 3.15. The van der Waals surface area contributed by atoms with Crippen molar-refractivity contribution in [2.24, 2.45) is 0 Å². The van der Waals surface area contributed by atoms with Crippen LogP contribution in [0.3, 0.4) is 0 Å². The van der Waals surface area contributed by atoms with Gasteiger partial charge in [-0.1, -0.05) is 35.9 Å². The Labute approximate surface area is 168 Å². The molecule has 5 heteroatoms. The van der Waals surface area contributed by atoms with Crippen molar-refractivity contribution in [2.75, 3.05) is 20.3 Å². The van der Waals surface area contributed by atoms with Crippen molar-refractivity contribution < 1.29 is 19.1 Å². The topological polar surface area (TPSA) is 55.8 Å². The maximum atomic E-state index is 12.8. The molecule has 1 unspecified atom stereocenters. The van der Waals surface area contributed by atoms with Crippen molar-refractivity contribution in [1.29, 1.82) is 0 Å². The van der Waals surface area contributed by atoms with E-state index in [2.05, 4.69) is 12.8 Å². The van der Waals surface area contributed by atoms with Crippen molar-refractivity contribution >= 4 is 11.9 Å². The summed E-state index contributed by atoms with van der Waals surface area (Å²) in [6.45, 7) is 4.60. The number of rotatable bonds is 7. The van der Waals surface area contributed by atoms with E-state index in [-0.39, 0.29) is 24.3 Å². The molecule has 1 atom stereocenters. The number of terminal acetylenes is 1. The Morgan fingerprint density at radius 2 is 1.96 bits per heavy atom. The van der Waals surface area contributed by atoms with E-state index in [1.807, 2.05) is 49.4 Å². The van der Waals surface area contributed by atoms with Crippen LogP contribution in [-0.2, 0) is 19.1 Å². The number of ether oxygens (including phenoxy) is 2. The molecule has 0 spiro atoms. The van der Waals surface area contributed by atoms with Gasteiger partial charge in [0.05, 0.1) is 26.2 Å². The van der Waals surface area contributed by atoms with E-state index in [1.165, 1.54) is 0 Å². The Morgan fingerprint density at radius 1 is 1.29 bits per heavy atom. The first-order valence-corrected chi connectivity index (χ1v) is 9.32. The maximum absolute atomic E-state index is 12.8. The molecule has 0 saturated carbocycles. The molecule has 1 amide bonds. The van der Waals surface area contributed by atoms with Crippen LogP contribution < -0.4 is 0 Å². The molecule has 1 saturated heterocycles. The number of hydrogen-bond acceptors (Lipinski definition) is 4. The highest BCUT2D eigenvalue weighted by molar-refractivity contribution is 5.81. The van der Waals surface area contributed by atoms with Gasteiger partial charge in [-0.15, -0.1) is 12.8 Å². The Balaban J connectivity index is 0.00000190. The quantitative estimate of drug-likeness (QED) is 0.405. The smallest absolute Gasteiger partial charge is 0.308 e. The molecule has 0 aromatic heterocycles. The first-order chi connectivity index (χ1) is 13.6. The molecule has 28 heavy (non-hydrogen) atoms. The molecular formula is C23H29NO4. The summed E-state index contributed by atoms with van der Waals surface area (Å²) in [4.78, 5) is 26.7. The van der Waals surface area contributed by atoms with Crippen molar-refractivity contribution in [3.8, 4) is 12.8 Å². The van der Waals surface area contributed by atoms with E-state index < -0.39 is 0 Å². The molecule has 1 aliphatic rings. The van der Waals surface area contributed by atoms with E-state index >= 15 is 0 Å². The molecule has 150 valence electrons. The number of methoxy groups -OCH3 is 1. The number of hydrogen-bond donors (Lipinski definition) is 0. The largest absolute Gasteiger partial charge is 0.497 e. The summed E-state index contributed by atoms with van der Waals surface area (Å²) in [6, 6.07) is 9.37. The molecule has 1 heterocycles. The molecule has 1 aliphatic heterocycles. The molecule has 1 fully saturated rings. The van der Waals surface area contributed by atoms with Crippen LogP contribution in [0.25, 0.3) is 0 Å². The lowest BCUT2D eigenvalue weighted by molar-refractivity contribution is -0.146. The van der Waals surface area contributed by atoms with Gasteiger partial charge in [0, 0.05) is 13.0 Å². The Bertz CT molecular complexity index is 719. The summed E-state index contributed by atoms with van der Waals surface area (Å²) in [6.07, 6.45) is 13.1. The predicted octanol–water partition coefficient (Wildman–Crippen LogP) is 4.03. The third kappa shape index (κ3) is 6.62. The molecule has 2 rings (SSSR count). The lowest BCUT2D eigenvalue weighted by atomic mass is 9.96. The highest BCUT2D eigenvalue weighted by Crippen LogP contribution is 2.30. The van der Waals surface area contributed by atoms with Crippen LogP contribution in [-0.4, -0.2) is 37.0 Å². The van der Waals surface area contributed by atoms with E-state index in [0.29, 0.717) is 19.6 Å². The van der Waals surface area contributed by atoms with Crippen LogP contribution in [0.5, 0.6) is 0 Å². The number of benzene rings is 1. The highest BCUT2D eigenvalue weighted by atomic mass is 16.5. The number of allylic oxidation sites excluding steroid dienone is 2. The number of amides is 1. The van der Waals surface area contributed by atoms with Crippen LogP contribution in [0.2, 0.25) is 0 Å². The van der Waals surface area contributed by atoms with Gasteiger partial charge in [0.25, 0.3) is 0 Å². The molecule has 0 aliphatic carbocycles. The zero-order valence-electron chi connectivity index (χ0n) is 16.9. The summed E-state index contributed by atoms with van der Waals surface area (Å²) in [5, 5.41) is 0. The highest BCUT2D eigenvalue weighted by Gasteiger charge is 2.31. The van der Waals surface area contributed by atoms with Crippen molar-refractivity contribution in [1.82, 2.24) is 4.90 Å². The van der Waals surface area contributed by atoms with Gasteiger partial charge >= 0.3 is 5.97 Å². The van der Waals surface area contributed by atoms with Gasteiger partial charge in [-0.3, -0.25) is 9.59 Å². The summed E-state index contributed by atoms with van der Waals surface area (Å²) >= 11 is 0. The molecule has 5 nitrogen and oxygen atoms in total. The van der Waals surface area contributed by atoms with Crippen molar-refractivity contribution in [3.63, 3.8) is 0 Å². The van der Waals surface area contributed by atoms with Gasteiger partial charge in [-0.2, -0.15) is 0 Å². The molecule has 1 aromatic rings. The third-order valence-corrected chi connectivity index (χ3v) is 4.46. The van der Waals surface area contributed by atoms with Gasteiger partial charge in [0.1, 0.15) is 5.76 Å². The van der Waals surface area contributed by atoms with Gasteiger partial charge in [-0.25, -0.2) is 0 Å². The molecular weight excluding hydrogens is 354 g/mol. The summed E-state index contributed by atoms with van der Waals surface area (Å²) in [7, 11) is 1.62. The first-order valence-electron chi connectivity index (χ1n) is 9.32. The standard InChI is InChI=1S/C21H27NO4.C2H2/c1-4-18(25-3)13-16-11-12-22(20(23)14-16)19(15-21(24)26-5-2)17-9-7-6-8-10-17;1-2/h4,6-10,13,19H,5,11-12,14-15H2,1-3H3;1-2H/b16-13-,18-4+;. The zero-order chi connectivity index (χ0) is 20.9. The summed E-state index contributed by atoms with van der Waals surface area (Å²) < 4.78 is 10.4. The maximum Gasteiger partial charge on any atom is 0.308 e. The van der Waals surface area contributed by atoms with E-state index in [4.69, 9.17) is 9.47 Å². The predicted molar refractivity (Wildman–Crippen MR) is 110 cm³/mol. The van der Waals surface area contributed by atoms with E-state index in [0.717, 1.165) is 23.3 Å². The van der Waals surface area contributed by atoms with Gasteiger partial charge in [0.15, 0.2) is 0 Å². The number of esters is 1. The minimum Gasteiger partial charge on any atom is -0.497 e. The number of likely N-dealkylation sites (tertiary alicyclic amines) is 1. The van der Waals surface area contributed by atoms with Crippen LogP contribution in [0.1, 0.15) is 44.7 Å². The fourth-order valence-corrected chi connectivity index (χ4v) is 3.15. The second-order valence-corrected chi connectivity index (χ2v) is 6.15. The minimum absolute atomic E-state index is 0.0206. The zero-order valence-corrected chi connectivity index (χ0v) is 16.9. The number of carbonyl (C=O) groups is 2. The first kappa shape index (κ1) is 23.0. The number of carbonyl (C=O) groups excluding carboxylic acids is 2. The third-order valence-electron chi connectivity index (χ3n) is 4.46. The Kier molecular flexibility index (Phi) is 10.2. The SMILES string of the molecule is C#C.C/C=C(\C=C1\CCN(C(CC(=O)OCC)c2ccccc2)C(=O)C1)OC. The Hall–Kier alpha value is -3.00. The monoisotopic (exact) mass is 383 g/mol. The Morgan fingerprint density at radius 3 is 2.50 bits per heavy atom. The summed E-state index contributed by atoms with van der Waals surface area (Å²) in [5.41, 5.74) is 2.00. The van der Waals surface area contributed by atoms with E-state index in [1.54, 1.807) is 18.9 Å². The van der Waals surface area contributed by atoms with Crippen LogP contribution in [0, 0.1) is 12.8 Å². The molecule has 0 radical (unpaired) electrons. The minimum atomic E-state index is -0.298. The fraction of sp³-hybridized carbons (Fsp3) is 0.391. The lowest BCUT2D eigenvalue weighted by Gasteiger charge is -2.35. The van der Waals surface area contributed by atoms with Gasteiger partial charge in [-0.05, 0) is 38.0 Å². The lowest BCUT2D eigenvalue weighted by Crippen LogP contribution is -2.40. The second-order valence-electron chi connectivity index (χ2n) is 6.15. The van der Waals surface area contributed by atoms with Crippen LogP contribution in [0.15, 0.2) is 53.8 Å². The van der Waals surface area contributed by atoms with Crippen molar-refractivity contribution in [2.45, 2.75) is 39.2 Å². The van der Waals surface area contributed by atoms with Gasteiger partial charge < -0.3 is 14.4 Å².